The fourth-order valence-corrected chi connectivity index (χ4v) is 2.25. The third kappa shape index (κ3) is 3.76. The molecule has 1 heterocycles. The van der Waals surface area contributed by atoms with Crippen LogP contribution in [-0.4, -0.2) is 11.1 Å². The lowest BCUT2D eigenvalue weighted by Gasteiger charge is -2.03. The number of carbonyl (C=O) groups excluding carboxylic acids is 1. The van der Waals surface area contributed by atoms with Crippen molar-refractivity contribution in [3.05, 3.63) is 82.5 Å². The van der Waals surface area contributed by atoms with Crippen LogP contribution in [0.4, 0.5) is 10.1 Å². The molecule has 0 fully saturated rings. The van der Waals surface area contributed by atoms with E-state index in [1.54, 1.807) is 6.07 Å². The van der Waals surface area contributed by atoms with Gasteiger partial charge in [0.25, 0.3) is 5.91 Å². The first-order chi connectivity index (χ1) is 11.1. The smallest absolute Gasteiger partial charge is 0.277 e. The molecule has 0 aliphatic carbocycles. The quantitative estimate of drug-likeness (QED) is 0.775. The van der Waals surface area contributed by atoms with E-state index in [9.17, 15) is 9.18 Å². The highest BCUT2D eigenvalue weighted by atomic mass is 35.5. The maximum absolute atomic E-state index is 13.1. The molecule has 3 rings (SSSR count). The number of hydrogen-bond acceptors (Lipinski definition) is 3. The molecule has 0 spiro atoms. The van der Waals surface area contributed by atoms with E-state index in [1.165, 1.54) is 18.2 Å². The van der Waals surface area contributed by atoms with E-state index in [4.69, 9.17) is 16.1 Å². The lowest BCUT2D eigenvalue weighted by atomic mass is 10.1. The second-order valence-electron chi connectivity index (χ2n) is 4.92. The standard InChI is InChI=1S/C17H12ClFN2O2/c18-14-9-12(6-7-15(14)19)20-17(22)16-10-13(23-21-16)8-11-4-2-1-3-5-11/h1-7,9-10H,8H2,(H,20,22). The number of anilines is 1. The fourth-order valence-electron chi connectivity index (χ4n) is 2.07. The predicted octanol–water partition coefficient (Wildman–Crippen LogP) is 4.31. The summed E-state index contributed by atoms with van der Waals surface area (Å²) in [5.41, 5.74) is 1.59. The number of nitrogens with zero attached hydrogens (tertiary/aromatic N) is 1. The molecule has 4 nitrogen and oxygen atoms in total. The van der Waals surface area contributed by atoms with Crippen molar-refractivity contribution < 1.29 is 13.7 Å². The van der Waals surface area contributed by atoms with Gasteiger partial charge in [-0.15, -0.1) is 0 Å². The third-order valence-corrected chi connectivity index (χ3v) is 3.48. The van der Waals surface area contributed by atoms with Crippen LogP contribution in [0.2, 0.25) is 5.02 Å². The van der Waals surface area contributed by atoms with Gasteiger partial charge in [0.05, 0.1) is 5.02 Å². The van der Waals surface area contributed by atoms with Crippen LogP contribution in [0.1, 0.15) is 21.8 Å². The third-order valence-electron chi connectivity index (χ3n) is 3.19. The molecule has 1 amide bonds. The van der Waals surface area contributed by atoms with Crippen molar-refractivity contribution >= 4 is 23.2 Å². The van der Waals surface area contributed by atoms with Gasteiger partial charge in [0.2, 0.25) is 0 Å². The highest BCUT2D eigenvalue weighted by molar-refractivity contribution is 6.31. The number of hydrogen-bond donors (Lipinski definition) is 1. The van der Waals surface area contributed by atoms with E-state index in [0.717, 1.165) is 5.56 Å². The van der Waals surface area contributed by atoms with E-state index in [-0.39, 0.29) is 10.7 Å². The average molecular weight is 331 g/mol. The van der Waals surface area contributed by atoms with Crippen LogP contribution in [0.25, 0.3) is 0 Å². The van der Waals surface area contributed by atoms with Gasteiger partial charge in [0.1, 0.15) is 11.6 Å². The molecule has 0 bridgehead atoms. The Morgan fingerprint density at radius 1 is 1.17 bits per heavy atom. The van der Waals surface area contributed by atoms with Crippen molar-refractivity contribution in [2.75, 3.05) is 5.32 Å². The molecular weight excluding hydrogens is 319 g/mol. The molecule has 116 valence electrons. The maximum Gasteiger partial charge on any atom is 0.277 e. The van der Waals surface area contributed by atoms with Gasteiger partial charge in [-0.3, -0.25) is 4.79 Å². The number of benzene rings is 2. The molecule has 23 heavy (non-hydrogen) atoms. The fraction of sp³-hybridized carbons (Fsp3) is 0.0588. The number of nitrogens with one attached hydrogen (secondary N) is 1. The Morgan fingerprint density at radius 2 is 1.96 bits per heavy atom. The summed E-state index contributed by atoms with van der Waals surface area (Å²) in [5.74, 6) is -0.412. The summed E-state index contributed by atoms with van der Waals surface area (Å²) >= 11 is 5.68. The van der Waals surface area contributed by atoms with Crippen molar-refractivity contribution in [3.63, 3.8) is 0 Å². The topological polar surface area (TPSA) is 55.1 Å². The number of aromatic nitrogens is 1. The average Bonchev–Trinajstić information content (AvgIpc) is 3.00. The molecule has 0 atom stereocenters. The summed E-state index contributed by atoms with van der Waals surface area (Å²) in [5, 5.41) is 6.28. The van der Waals surface area contributed by atoms with Crippen LogP contribution < -0.4 is 5.32 Å². The summed E-state index contributed by atoms with van der Waals surface area (Å²) in [4.78, 5) is 12.1. The molecule has 0 aliphatic heterocycles. The van der Waals surface area contributed by atoms with Crippen molar-refractivity contribution in [2.45, 2.75) is 6.42 Å². The molecular formula is C17H12ClFN2O2. The summed E-state index contributed by atoms with van der Waals surface area (Å²) in [7, 11) is 0. The zero-order valence-electron chi connectivity index (χ0n) is 11.9. The highest BCUT2D eigenvalue weighted by Crippen LogP contribution is 2.20. The minimum absolute atomic E-state index is 0.0623. The summed E-state index contributed by atoms with van der Waals surface area (Å²) < 4.78 is 18.3. The largest absolute Gasteiger partial charge is 0.360 e. The van der Waals surface area contributed by atoms with Gasteiger partial charge in [0.15, 0.2) is 5.69 Å². The van der Waals surface area contributed by atoms with Crippen LogP contribution in [0.5, 0.6) is 0 Å². The Balaban J connectivity index is 1.69. The lowest BCUT2D eigenvalue weighted by molar-refractivity contribution is 0.101. The number of halogens is 2. The molecule has 0 unspecified atom stereocenters. The molecule has 2 aromatic carbocycles. The molecule has 6 heteroatoms. The van der Waals surface area contributed by atoms with Crippen molar-refractivity contribution in [2.24, 2.45) is 0 Å². The van der Waals surface area contributed by atoms with Gasteiger partial charge >= 0.3 is 0 Å². The van der Waals surface area contributed by atoms with Crippen molar-refractivity contribution in [3.8, 4) is 0 Å². The molecule has 0 saturated heterocycles. The second-order valence-corrected chi connectivity index (χ2v) is 5.33. The number of amides is 1. The Bertz CT molecular complexity index is 834. The normalized spacial score (nSPS) is 10.5. The van der Waals surface area contributed by atoms with E-state index >= 15 is 0 Å². The summed E-state index contributed by atoms with van der Waals surface area (Å²) in [6.07, 6.45) is 0.545. The van der Waals surface area contributed by atoms with E-state index in [1.807, 2.05) is 30.3 Å². The Hall–Kier alpha value is -2.66. The zero-order chi connectivity index (χ0) is 16.2. The molecule has 3 aromatic rings. The minimum Gasteiger partial charge on any atom is -0.360 e. The van der Waals surface area contributed by atoms with Gasteiger partial charge in [0, 0.05) is 18.2 Å². The summed E-state index contributed by atoms with van der Waals surface area (Å²) in [6.45, 7) is 0. The SMILES string of the molecule is O=C(Nc1ccc(F)c(Cl)c1)c1cc(Cc2ccccc2)on1. The minimum atomic E-state index is -0.545. The van der Waals surface area contributed by atoms with Gasteiger partial charge in [-0.2, -0.15) is 0 Å². The summed E-state index contributed by atoms with van der Waals surface area (Å²) in [6, 6.07) is 15.2. The van der Waals surface area contributed by atoms with Crippen LogP contribution in [0.15, 0.2) is 59.1 Å². The van der Waals surface area contributed by atoms with Crippen LogP contribution in [0, 0.1) is 5.82 Å². The molecule has 0 aliphatic rings. The molecule has 0 saturated carbocycles. The molecule has 1 aromatic heterocycles. The first-order valence-corrected chi connectivity index (χ1v) is 7.25. The second kappa shape index (κ2) is 6.62. The van der Waals surface area contributed by atoms with Gasteiger partial charge in [-0.25, -0.2) is 4.39 Å². The van der Waals surface area contributed by atoms with Crippen LogP contribution in [0.3, 0.4) is 0 Å². The predicted molar refractivity (Wildman–Crippen MR) is 85.1 cm³/mol. The Morgan fingerprint density at radius 3 is 2.70 bits per heavy atom. The van der Waals surface area contributed by atoms with E-state index < -0.39 is 11.7 Å². The molecule has 1 N–H and O–H groups in total. The maximum atomic E-state index is 13.1. The highest BCUT2D eigenvalue weighted by Gasteiger charge is 2.13. The van der Waals surface area contributed by atoms with Crippen LogP contribution >= 0.6 is 11.6 Å². The van der Waals surface area contributed by atoms with Gasteiger partial charge in [-0.1, -0.05) is 47.1 Å². The first kappa shape index (κ1) is 15.2. The number of carbonyl (C=O) groups is 1. The lowest BCUT2D eigenvalue weighted by Crippen LogP contribution is -2.12. The van der Waals surface area contributed by atoms with Crippen molar-refractivity contribution in [1.29, 1.82) is 0 Å². The monoisotopic (exact) mass is 330 g/mol. The van der Waals surface area contributed by atoms with Gasteiger partial charge < -0.3 is 9.84 Å². The van der Waals surface area contributed by atoms with E-state index in [2.05, 4.69) is 10.5 Å². The zero-order valence-corrected chi connectivity index (χ0v) is 12.7. The molecule has 0 radical (unpaired) electrons. The number of rotatable bonds is 4. The Labute approximate surface area is 136 Å². The Kier molecular flexibility index (Phi) is 4.39. The van der Waals surface area contributed by atoms with Crippen molar-refractivity contribution in [1.82, 2.24) is 5.16 Å². The van der Waals surface area contributed by atoms with Gasteiger partial charge in [-0.05, 0) is 23.8 Å². The first-order valence-electron chi connectivity index (χ1n) is 6.88. The van der Waals surface area contributed by atoms with Crippen LogP contribution in [-0.2, 0) is 6.42 Å². The van der Waals surface area contributed by atoms with E-state index in [0.29, 0.717) is 17.9 Å².